The maximum Gasteiger partial charge on any atom is 0.232 e. The summed E-state index contributed by atoms with van der Waals surface area (Å²) in [6.45, 7) is 4.10. The number of hydrogen-bond donors (Lipinski definition) is 1. The Morgan fingerprint density at radius 1 is 1.19 bits per heavy atom. The van der Waals surface area contributed by atoms with Gasteiger partial charge < -0.3 is 10.2 Å². The highest BCUT2D eigenvalue weighted by atomic mass is 35.5. The van der Waals surface area contributed by atoms with Gasteiger partial charge in [-0.15, -0.1) is 11.8 Å². The fraction of sp³-hybridized carbons (Fsp3) is 0.562. The average molecular weight is 325 g/mol. The number of halogens is 1. The summed E-state index contributed by atoms with van der Waals surface area (Å²) in [5.41, 5.74) is 0. The van der Waals surface area contributed by atoms with E-state index in [9.17, 15) is 4.79 Å². The molecule has 114 valence electrons. The summed E-state index contributed by atoms with van der Waals surface area (Å²) >= 11 is 7.47. The minimum Gasteiger partial charge on any atom is -0.342 e. The second kappa shape index (κ2) is 7.03. The molecule has 1 aromatic rings. The molecule has 0 saturated carbocycles. The lowest BCUT2D eigenvalue weighted by Crippen LogP contribution is -2.34. The van der Waals surface area contributed by atoms with Crippen LogP contribution in [0.15, 0.2) is 29.2 Å². The van der Waals surface area contributed by atoms with Gasteiger partial charge >= 0.3 is 0 Å². The first kappa shape index (κ1) is 15.2. The van der Waals surface area contributed by atoms with Crippen molar-refractivity contribution >= 4 is 29.3 Å². The second-order valence-electron chi connectivity index (χ2n) is 5.88. The van der Waals surface area contributed by atoms with E-state index in [4.69, 9.17) is 11.6 Å². The van der Waals surface area contributed by atoms with Crippen molar-refractivity contribution < 1.29 is 4.79 Å². The molecule has 0 aliphatic carbocycles. The Labute approximate surface area is 135 Å². The molecule has 3 nitrogen and oxygen atoms in total. The molecule has 0 spiro atoms. The number of carbonyl (C=O) groups excluding carboxylic acids is 1. The standard InChI is InChI=1S/C16H21ClN2OS/c17-14-1-3-15(4-2-14)21-11-16(20)19-7-5-12-9-18-10-13(12)6-8-19/h1-4,12-13,18H,5-11H2/t12-,13+. The minimum absolute atomic E-state index is 0.267. The van der Waals surface area contributed by atoms with Crippen molar-refractivity contribution in [2.24, 2.45) is 11.8 Å². The highest BCUT2D eigenvalue weighted by Crippen LogP contribution is 2.28. The monoisotopic (exact) mass is 324 g/mol. The van der Waals surface area contributed by atoms with Gasteiger partial charge in [0.2, 0.25) is 5.91 Å². The number of nitrogens with zero attached hydrogens (tertiary/aromatic N) is 1. The van der Waals surface area contributed by atoms with Gasteiger partial charge in [-0.3, -0.25) is 4.79 Å². The van der Waals surface area contributed by atoms with E-state index in [0.29, 0.717) is 5.75 Å². The van der Waals surface area contributed by atoms with Crippen LogP contribution in [-0.4, -0.2) is 42.7 Å². The molecule has 0 aromatic heterocycles. The van der Waals surface area contributed by atoms with E-state index < -0.39 is 0 Å². The second-order valence-corrected chi connectivity index (χ2v) is 7.36. The largest absolute Gasteiger partial charge is 0.342 e. The van der Waals surface area contributed by atoms with E-state index in [2.05, 4.69) is 10.2 Å². The molecule has 5 heteroatoms. The van der Waals surface area contributed by atoms with Crippen molar-refractivity contribution in [3.8, 4) is 0 Å². The molecule has 1 aromatic carbocycles. The van der Waals surface area contributed by atoms with Crippen LogP contribution >= 0.6 is 23.4 Å². The van der Waals surface area contributed by atoms with E-state index in [-0.39, 0.29) is 5.91 Å². The number of rotatable bonds is 3. The number of hydrogen-bond acceptors (Lipinski definition) is 3. The summed E-state index contributed by atoms with van der Waals surface area (Å²) in [5.74, 6) is 2.33. The Balaban J connectivity index is 1.50. The molecule has 1 amide bonds. The summed E-state index contributed by atoms with van der Waals surface area (Å²) < 4.78 is 0. The van der Waals surface area contributed by atoms with E-state index >= 15 is 0 Å². The molecule has 1 N–H and O–H groups in total. The summed E-state index contributed by atoms with van der Waals surface area (Å²) in [5, 5.41) is 4.20. The SMILES string of the molecule is O=C(CSc1ccc(Cl)cc1)N1CC[C@@H]2CNC[C@@H]2CC1. The van der Waals surface area contributed by atoms with Crippen LogP contribution in [0.3, 0.4) is 0 Å². The van der Waals surface area contributed by atoms with Crippen LogP contribution < -0.4 is 5.32 Å². The summed E-state index contributed by atoms with van der Waals surface area (Å²) in [7, 11) is 0. The van der Waals surface area contributed by atoms with Crippen molar-refractivity contribution in [1.29, 1.82) is 0 Å². The maximum absolute atomic E-state index is 12.4. The zero-order valence-corrected chi connectivity index (χ0v) is 13.6. The minimum atomic E-state index is 0.267. The molecule has 2 aliphatic heterocycles. The van der Waals surface area contributed by atoms with Gasteiger partial charge in [0.05, 0.1) is 5.75 Å². The lowest BCUT2D eigenvalue weighted by atomic mass is 9.92. The average Bonchev–Trinajstić information content (AvgIpc) is 2.85. The zero-order chi connectivity index (χ0) is 14.7. The highest BCUT2D eigenvalue weighted by molar-refractivity contribution is 8.00. The van der Waals surface area contributed by atoms with Crippen molar-refractivity contribution in [3.63, 3.8) is 0 Å². The van der Waals surface area contributed by atoms with Crippen LogP contribution in [0.2, 0.25) is 5.02 Å². The number of amides is 1. The fourth-order valence-electron chi connectivity index (χ4n) is 3.23. The predicted octanol–water partition coefficient (Wildman–Crippen LogP) is 2.89. The van der Waals surface area contributed by atoms with Crippen LogP contribution in [0.4, 0.5) is 0 Å². The van der Waals surface area contributed by atoms with Gasteiger partial charge in [-0.25, -0.2) is 0 Å². The molecule has 3 rings (SSSR count). The molecule has 2 atom stereocenters. The molecule has 2 heterocycles. The van der Waals surface area contributed by atoms with Gasteiger partial charge in [0.15, 0.2) is 0 Å². The Morgan fingerprint density at radius 3 is 2.43 bits per heavy atom. The van der Waals surface area contributed by atoms with E-state index in [0.717, 1.165) is 60.8 Å². The quantitative estimate of drug-likeness (QED) is 0.868. The third-order valence-corrected chi connectivity index (χ3v) is 5.80. The number of carbonyl (C=O) groups is 1. The third-order valence-electron chi connectivity index (χ3n) is 4.55. The normalized spacial score (nSPS) is 25.5. The Morgan fingerprint density at radius 2 is 1.81 bits per heavy atom. The van der Waals surface area contributed by atoms with E-state index in [1.807, 2.05) is 24.3 Å². The number of likely N-dealkylation sites (tertiary alicyclic amines) is 1. The van der Waals surface area contributed by atoms with Crippen LogP contribution in [0.1, 0.15) is 12.8 Å². The van der Waals surface area contributed by atoms with Gasteiger partial charge in [0.25, 0.3) is 0 Å². The summed E-state index contributed by atoms with van der Waals surface area (Å²) in [4.78, 5) is 15.5. The van der Waals surface area contributed by atoms with E-state index in [1.165, 1.54) is 0 Å². The molecule has 2 saturated heterocycles. The van der Waals surface area contributed by atoms with Crippen LogP contribution in [0.25, 0.3) is 0 Å². The zero-order valence-electron chi connectivity index (χ0n) is 12.1. The molecule has 0 bridgehead atoms. The topological polar surface area (TPSA) is 32.3 Å². The van der Waals surface area contributed by atoms with Crippen molar-refractivity contribution in [3.05, 3.63) is 29.3 Å². The lowest BCUT2D eigenvalue weighted by molar-refractivity contribution is -0.128. The lowest BCUT2D eigenvalue weighted by Gasteiger charge is -2.20. The van der Waals surface area contributed by atoms with Crippen LogP contribution in [0.5, 0.6) is 0 Å². The molecule has 2 fully saturated rings. The van der Waals surface area contributed by atoms with Gasteiger partial charge in [-0.2, -0.15) is 0 Å². The highest BCUT2D eigenvalue weighted by Gasteiger charge is 2.31. The van der Waals surface area contributed by atoms with Gasteiger partial charge in [0, 0.05) is 23.0 Å². The van der Waals surface area contributed by atoms with Crippen molar-refractivity contribution in [2.45, 2.75) is 17.7 Å². The molecule has 0 radical (unpaired) electrons. The number of fused-ring (bicyclic) bond motifs is 1. The first-order valence-electron chi connectivity index (χ1n) is 7.59. The Kier molecular flexibility index (Phi) is 5.09. The van der Waals surface area contributed by atoms with Gasteiger partial charge in [-0.05, 0) is 62.0 Å². The molecule has 2 aliphatic rings. The van der Waals surface area contributed by atoms with Crippen molar-refractivity contribution in [1.82, 2.24) is 10.2 Å². The molecular weight excluding hydrogens is 304 g/mol. The van der Waals surface area contributed by atoms with Crippen LogP contribution in [0, 0.1) is 11.8 Å². The first-order valence-corrected chi connectivity index (χ1v) is 8.95. The molecule has 0 unspecified atom stereocenters. The number of nitrogens with one attached hydrogen (secondary N) is 1. The summed E-state index contributed by atoms with van der Waals surface area (Å²) in [6.07, 6.45) is 2.30. The summed E-state index contributed by atoms with van der Waals surface area (Å²) in [6, 6.07) is 7.68. The van der Waals surface area contributed by atoms with E-state index in [1.54, 1.807) is 11.8 Å². The molecule has 21 heavy (non-hydrogen) atoms. The number of thioether (sulfide) groups is 1. The predicted molar refractivity (Wildman–Crippen MR) is 87.8 cm³/mol. The van der Waals surface area contributed by atoms with Gasteiger partial charge in [-0.1, -0.05) is 11.6 Å². The van der Waals surface area contributed by atoms with Gasteiger partial charge in [0.1, 0.15) is 0 Å². The Bertz CT molecular complexity index is 480. The van der Waals surface area contributed by atoms with Crippen LogP contribution in [-0.2, 0) is 4.79 Å². The molecular formula is C16H21ClN2OS. The van der Waals surface area contributed by atoms with Crippen molar-refractivity contribution in [2.75, 3.05) is 31.9 Å². The fourth-order valence-corrected chi connectivity index (χ4v) is 4.16. The Hall–Kier alpha value is -0.710. The first-order chi connectivity index (χ1) is 10.2. The number of benzene rings is 1. The third kappa shape index (κ3) is 3.93. The smallest absolute Gasteiger partial charge is 0.232 e. The maximum atomic E-state index is 12.4.